The minimum absolute atomic E-state index is 0. The van der Waals surface area contributed by atoms with Gasteiger partial charge in [0.05, 0.1) is 0 Å². The molecule has 0 saturated carbocycles. The van der Waals surface area contributed by atoms with Gasteiger partial charge in [-0.2, -0.15) is 0 Å². The van der Waals surface area contributed by atoms with E-state index in [1.54, 1.807) is 0 Å². The van der Waals surface area contributed by atoms with E-state index in [0.29, 0.717) is 0 Å². The van der Waals surface area contributed by atoms with E-state index in [4.69, 9.17) is 10.2 Å². The Hall–Kier alpha value is 0.576. The summed E-state index contributed by atoms with van der Waals surface area (Å²) in [5, 5.41) is 18.3. The number of unbranched alkanes of at least 4 members (excludes halogenated alkanes) is 11. The molecule has 0 aliphatic rings. The first-order valence-corrected chi connectivity index (χ1v) is 11.0. The number of rotatable bonds is 19. The van der Waals surface area contributed by atoms with Crippen LogP contribution in [0.15, 0.2) is 0 Å². The molecule has 0 rings (SSSR count). The van der Waals surface area contributed by atoms with Crippen LogP contribution in [-0.4, -0.2) is 22.2 Å². The molecule has 0 aromatic heterocycles. The molecule has 0 aliphatic carbocycles. The molecule has 0 heterocycles. The minimum Gasteiger partial charge on any atom is -1.00 e. The first kappa shape index (κ1) is 29.8. The Morgan fingerprint density at radius 2 is 1.00 bits per heavy atom. The molecule has 1 unspecified atom stereocenters. The van der Waals surface area contributed by atoms with Gasteiger partial charge < -0.3 is 11.6 Å². The topological polar surface area (TPSA) is 74.6 Å². The van der Waals surface area contributed by atoms with Crippen molar-refractivity contribution in [3.63, 3.8) is 0 Å². The second-order valence-corrected chi connectivity index (χ2v) is 7.80. The second kappa shape index (κ2) is 21.3. The first-order valence-electron chi connectivity index (χ1n) is 11.0. The SMILES string of the molecule is CCCCCCCCCCCCC(CCCCC)CC(C(=O)O)C(=O)O.[H-].[K+]. The van der Waals surface area contributed by atoms with Crippen LogP contribution in [0.3, 0.4) is 0 Å². The van der Waals surface area contributed by atoms with Crippen molar-refractivity contribution in [1.82, 2.24) is 0 Å². The van der Waals surface area contributed by atoms with Gasteiger partial charge >= 0.3 is 63.3 Å². The summed E-state index contributed by atoms with van der Waals surface area (Å²) >= 11 is 0. The van der Waals surface area contributed by atoms with E-state index in [-0.39, 0.29) is 65.1 Å². The first-order chi connectivity index (χ1) is 12.5. The summed E-state index contributed by atoms with van der Waals surface area (Å²) in [6.45, 7) is 4.39. The minimum atomic E-state index is -1.25. The molecule has 2 N–H and O–H groups in total. The molecule has 0 radical (unpaired) electrons. The van der Waals surface area contributed by atoms with Gasteiger partial charge in [-0.25, -0.2) is 0 Å². The van der Waals surface area contributed by atoms with Crippen molar-refractivity contribution in [2.24, 2.45) is 11.8 Å². The molecule has 0 spiro atoms. The maximum Gasteiger partial charge on any atom is 1.00 e. The smallest absolute Gasteiger partial charge is 1.00 e. The van der Waals surface area contributed by atoms with E-state index in [0.717, 1.165) is 38.5 Å². The fourth-order valence-electron chi connectivity index (χ4n) is 3.62. The summed E-state index contributed by atoms with van der Waals surface area (Å²) in [4.78, 5) is 22.3. The molecule has 1 atom stereocenters. The number of carboxylic acid groups (broad SMARTS) is 2. The predicted octanol–water partition coefficient (Wildman–Crippen LogP) is 3.79. The monoisotopic (exact) mass is 410 g/mol. The van der Waals surface area contributed by atoms with Crippen LogP contribution in [-0.2, 0) is 9.59 Å². The van der Waals surface area contributed by atoms with E-state index in [9.17, 15) is 9.59 Å². The van der Waals surface area contributed by atoms with Gasteiger partial charge in [0.1, 0.15) is 0 Å². The van der Waals surface area contributed by atoms with Crippen molar-refractivity contribution >= 4 is 11.9 Å². The Labute approximate surface area is 211 Å². The third kappa shape index (κ3) is 18.4. The standard InChI is InChI=1S/C22H42O4.K.H/c1-3-5-7-8-9-10-11-12-13-15-17-19(16-14-6-4-2)18-20(21(23)24)22(25)26;;/h19-20H,3-18H2,1-2H3,(H,23,24)(H,25,26);;/q;+1;-1. The van der Waals surface area contributed by atoms with Crippen molar-refractivity contribution in [3.8, 4) is 0 Å². The Bertz CT molecular complexity index is 352. The molecule has 0 bridgehead atoms. The van der Waals surface area contributed by atoms with Crippen molar-refractivity contribution in [2.45, 2.75) is 117 Å². The van der Waals surface area contributed by atoms with E-state index >= 15 is 0 Å². The molecule has 0 aromatic rings. The van der Waals surface area contributed by atoms with E-state index in [1.165, 1.54) is 57.8 Å². The molecule has 27 heavy (non-hydrogen) atoms. The number of hydrogen-bond donors (Lipinski definition) is 2. The number of hydrogen-bond acceptors (Lipinski definition) is 2. The molecule has 4 nitrogen and oxygen atoms in total. The second-order valence-electron chi connectivity index (χ2n) is 7.80. The molecule has 0 fully saturated rings. The van der Waals surface area contributed by atoms with Crippen LogP contribution in [0.25, 0.3) is 0 Å². The van der Waals surface area contributed by atoms with Gasteiger partial charge in [-0.1, -0.05) is 110 Å². The van der Waals surface area contributed by atoms with Gasteiger partial charge in [0.2, 0.25) is 0 Å². The van der Waals surface area contributed by atoms with Crippen LogP contribution in [0.1, 0.15) is 118 Å². The Kier molecular flexibility index (Phi) is 23.5. The predicted molar refractivity (Wildman–Crippen MR) is 109 cm³/mol. The molecule has 0 saturated heterocycles. The van der Waals surface area contributed by atoms with Crippen LogP contribution >= 0.6 is 0 Å². The molecule has 0 aliphatic heterocycles. The maximum atomic E-state index is 11.2. The summed E-state index contributed by atoms with van der Waals surface area (Å²) in [6, 6.07) is 0. The third-order valence-electron chi connectivity index (χ3n) is 5.35. The van der Waals surface area contributed by atoms with Crippen LogP contribution in [0.2, 0.25) is 0 Å². The average Bonchev–Trinajstić information content (AvgIpc) is 2.60. The van der Waals surface area contributed by atoms with Gasteiger partial charge in [-0.15, -0.1) is 0 Å². The fourth-order valence-corrected chi connectivity index (χ4v) is 3.62. The van der Waals surface area contributed by atoms with E-state index in [2.05, 4.69) is 13.8 Å². The van der Waals surface area contributed by atoms with Gasteiger partial charge in [0.25, 0.3) is 0 Å². The van der Waals surface area contributed by atoms with Gasteiger partial charge in [0, 0.05) is 0 Å². The van der Waals surface area contributed by atoms with Crippen LogP contribution in [0.4, 0.5) is 0 Å². The summed E-state index contributed by atoms with van der Waals surface area (Å²) in [5.74, 6) is -3.40. The fraction of sp³-hybridized carbons (Fsp3) is 0.909. The Morgan fingerprint density at radius 3 is 1.41 bits per heavy atom. The van der Waals surface area contributed by atoms with Crippen molar-refractivity contribution < 1.29 is 72.6 Å². The molecule has 156 valence electrons. The van der Waals surface area contributed by atoms with Crippen molar-refractivity contribution in [2.75, 3.05) is 0 Å². The number of carbonyl (C=O) groups is 2. The zero-order valence-corrected chi connectivity index (χ0v) is 21.3. The number of carboxylic acids is 2. The zero-order valence-electron chi connectivity index (χ0n) is 19.2. The van der Waals surface area contributed by atoms with Gasteiger partial charge in [0.15, 0.2) is 5.92 Å². The van der Waals surface area contributed by atoms with E-state index < -0.39 is 17.9 Å². The Morgan fingerprint density at radius 1 is 0.667 bits per heavy atom. The summed E-state index contributed by atoms with van der Waals surface area (Å²) in [6.07, 6.45) is 18.4. The largest absolute Gasteiger partial charge is 1.00 e. The molecular weight excluding hydrogens is 367 g/mol. The summed E-state index contributed by atoms with van der Waals surface area (Å²) in [5.41, 5.74) is 0. The van der Waals surface area contributed by atoms with Crippen molar-refractivity contribution in [3.05, 3.63) is 0 Å². The summed E-state index contributed by atoms with van der Waals surface area (Å²) in [7, 11) is 0. The third-order valence-corrected chi connectivity index (χ3v) is 5.35. The van der Waals surface area contributed by atoms with E-state index in [1.807, 2.05) is 0 Å². The number of aliphatic carboxylic acids is 2. The average molecular weight is 411 g/mol. The van der Waals surface area contributed by atoms with Gasteiger partial charge in [-0.05, 0) is 12.3 Å². The zero-order chi connectivity index (χ0) is 19.6. The van der Waals surface area contributed by atoms with Crippen molar-refractivity contribution in [1.29, 1.82) is 0 Å². The molecule has 5 heteroatoms. The van der Waals surface area contributed by atoms with Crippen LogP contribution in [0.5, 0.6) is 0 Å². The molecule has 0 amide bonds. The van der Waals surface area contributed by atoms with Crippen LogP contribution in [0, 0.1) is 11.8 Å². The normalized spacial score (nSPS) is 12.0. The Balaban J connectivity index is -0.00000312. The summed E-state index contributed by atoms with van der Waals surface area (Å²) < 4.78 is 0. The van der Waals surface area contributed by atoms with Gasteiger partial charge in [-0.3, -0.25) is 9.59 Å². The quantitative estimate of drug-likeness (QED) is 0.193. The van der Waals surface area contributed by atoms with Crippen LogP contribution < -0.4 is 51.4 Å². The molecular formula is C22H43KO4. The molecule has 0 aromatic carbocycles. The maximum absolute atomic E-state index is 11.2.